The zero-order valence-corrected chi connectivity index (χ0v) is 10.9. The molecule has 0 radical (unpaired) electrons. The minimum absolute atomic E-state index is 0.0829. The van der Waals surface area contributed by atoms with E-state index in [1.54, 1.807) is 20.8 Å². The van der Waals surface area contributed by atoms with Crippen LogP contribution in [0.4, 0.5) is 13.6 Å². The number of halogens is 2. The first-order valence-electron chi connectivity index (χ1n) is 5.96. The van der Waals surface area contributed by atoms with E-state index < -0.39 is 30.1 Å². The van der Waals surface area contributed by atoms with Gasteiger partial charge >= 0.3 is 6.09 Å². The fraction of sp³-hybridized carbons (Fsp3) is 0.833. The van der Waals surface area contributed by atoms with E-state index in [4.69, 9.17) is 4.74 Å². The predicted molar refractivity (Wildman–Crippen MR) is 61.6 cm³/mol. The molecular weight excluding hydrogens is 244 g/mol. The third-order valence-electron chi connectivity index (χ3n) is 2.69. The second-order valence-electron chi connectivity index (χ2n) is 5.54. The topological polar surface area (TPSA) is 46.6 Å². The summed E-state index contributed by atoms with van der Waals surface area (Å²) >= 11 is 0. The van der Waals surface area contributed by atoms with Gasteiger partial charge in [-0.3, -0.25) is 0 Å². The van der Waals surface area contributed by atoms with Crippen molar-refractivity contribution in [1.82, 2.24) is 4.90 Å². The molecule has 0 spiro atoms. The van der Waals surface area contributed by atoms with Crippen LogP contribution in [0, 0.1) is 0 Å². The highest BCUT2D eigenvalue weighted by atomic mass is 19.3. The van der Waals surface area contributed by atoms with Crippen LogP contribution >= 0.6 is 0 Å². The van der Waals surface area contributed by atoms with Crippen LogP contribution in [0.5, 0.6) is 0 Å². The standard InChI is InChI=1S/C12H19F2NO3/c1-11(2,3)18-10(17)15-6-5-12(13,14)8-9(15)4-7-16/h7,9H,4-6,8H2,1-3H3/t9-/m1/s1. The Morgan fingerprint density at radius 2 is 2.11 bits per heavy atom. The number of rotatable bonds is 2. The van der Waals surface area contributed by atoms with Crippen molar-refractivity contribution in [2.75, 3.05) is 6.54 Å². The van der Waals surface area contributed by atoms with Crippen LogP contribution in [0.15, 0.2) is 0 Å². The minimum Gasteiger partial charge on any atom is -0.444 e. The van der Waals surface area contributed by atoms with E-state index in [-0.39, 0.29) is 19.4 Å². The van der Waals surface area contributed by atoms with Crippen molar-refractivity contribution in [3.05, 3.63) is 0 Å². The van der Waals surface area contributed by atoms with Crippen LogP contribution in [-0.4, -0.2) is 41.4 Å². The van der Waals surface area contributed by atoms with Gasteiger partial charge in [0.05, 0.1) is 0 Å². The highest BCUT2D eigenvalue weighted by molar-refractivity contribution is 5.69. The summed E-state index contributed by atoms with van der Waals surface area (Å²) in [6.45, 7) is 5.04. The van der Waals surface area contributed by atoms with Crippen molar-refractivity contribution in [2.45, 2.75) is 57.6 Å². The second kappa shape index (κ2) is 5.20. The van der Waals surface area contributed by atoms with Gasteiger partial charge in [0.2, 0.25) is 0 Å². The lowest BCUT2D eigenvalue weighted by Gasteiger charge is -2.39. The second-order valence-corrected chi connectivity index (χ2v) is 5.54. The van der Waals surface area contributed by atoms with Crippen molar-refractivity contribution in [3.63, 3.8) is 0 Å². The first-order valence-corrected chi connectivity index (χ1v) is 5.96. The molecule has 1 fully saturated rings. The van der Waals surface area contributed by atoms with Gasteiger partial charge < -0.3 is 14.4 Å². The largest absolute Gasteiger partial charge is 0.444 e. The fourth-order valence-electron chi connectivity index (χ4n) is 1.91. The minimum atomic E-state index is -2.81. The van der Waals surface area contributed by atoms with Crippen molar-refractivity contribution in [1.29, 1.82) is 0 Å². The molecule has 0 unspecified atom stereocenters. The van der Waals surface area contributed by atoms with E-state index in [1.807, 2.05) is 0 Å². The molecule has 104 valence electrons. The van der Waals surface area contributed by atoms with Crippen LogP contribution in [0.3, 0.4) is 0 Å². The molecule has 0 aromatic carbocycles. The van der Waals surface area contributed by atoms with Crippen LogP contribution in [-0.2, 0) is 9.53 Å². The third kappa shape index (κ3) is 4.23. The summed E-state index contributed by atoms with van der Waals surface area (Å²) in [5.74, 6) is -2.81. The number of nitrogens with zero attached hydrogens (tertiary/aromatic N) is 1. The Labute approximate surface area is 105 Å². The van der Waals surface area contributed by atoms with E-state index >= 15 is 0 Å². The predicted octanol–water partition coefficient (Wildman–Crippen LogP) is 2.61. The lowest BCUT2D eigenvalue weighted by Crippen LogP contribution is -2.51. The number of carbonyl (C=O) groups excluding carboxylic acids is 2. The number of alkyl halides is 2. The maximum absolute atomic E-state index is 13.3. The molecule has 1 amide bonds. The molecule has 0 saturated carbocycles. The first-order chi connectivity index (χ1) is 8.14. The third-order valence-corrected chi connectivity index (χ3v) is 2.69. The van der Waals surface area contributed by atoms with Gasteiger partial charge in [-0.1, -0.05) is 0 Å². The molecule has 0 bridgehead atoms. The highest BCUT2D eigenvalue weighted by Gasteiger charge is 2.42. The Morgan fingerprint density at radius 1 is 1.50 bits per heavy atom. The number of piperidine rings is 1. The SMILES string of the molecule is CC(C)(C)OC(=O)N1CCC(F)(F)C[C@H]1CC=O. The van der Waals surface area contributed by atoms with Gasteiger partial charge in [-0.15, -0.1) is 0 Å². The van der Waals surface area contributed by atoms with Gasteiger partial charge in [0.1, 0.15) is 11.9 Å². The summed E-state index contributed by atoms with van der Waals surface area (Å²) in [7, 11) is 0. The average molecular weight is 263 g/mol. The van der Waals surface area contributed by atoms with Gasteiger partial charge in [-0.05, 0) is 20.8 Å². The molecule has 1 atom stereocenters. The summed E-state index contributed by atoms with van der Waals surface area (Å²) < 4.78 is 31.7. The maximum atomic E-state index is 13.3. The van der Waals surface area contributed by atoms with Crippen LogP contribution in [0.2, 0.25) is 0 Å². The van der Waals surface area contributed by atoms with Gasteiger partial charge in [0.15, 0.2) is 0 Å². The molecule has 1 heterocycles. The number of hydrogen-bond acceptors (Lipinski definition) is 3. The van der Waals surface area contributed by atoms with Crippen LogP contribution < -0.4 is 0 Å². The Balaban J connectivity index is 2.73. The summed E-state index contributed by atoms with van der Waals surface area (Å²) in [4.78, 5) is 23.6. The molecular formula is C12H19F2NO3. The van der Waals surface area contributed by atoms with E-state index in [2.05, 4.69) is 0 Å². The molecule has 1 aliphatic rings. The molecule has 0 N–H and O–H groups in total. The Kier molecular flexibility index (Phi) is 4.29. The van der Waals surface area contributed by atoms with Gasteiger partial charge in [0.25, 0.3) is 5.92 Å². The molecule has 1 saturated heterocycles. The zero-order valence-electron chi connectivity index (χ0n) is 10.9. The van der Waals surface area contributed by atoms with Crippen molar-refractivity contribution >= 4 is 12.4 Å². The zero-order chi connectivity index (χ0) is 14.0. The number of carbonyl (C=O) groups is 2. The van der Waals surface area contributed by atoms with Crippen LogP contribution in [0.1, 0.15) is 40.0 Å². The molecule has 4 nitrogen and oxygen atoms in total. The lowest BCUT2D eigenvalue weighted by molar-refractivity contribution is -0.112. The van der Waals surface area contributed by atoms with Crippen molar-refractivity contribution in [3.8, 4) is 0 Å². The van der Waals surface area contributed by atoms with Gasteiger partial charge in [-0.25, -0.2) is 13.6 Å². The lowest BCUT2D eigenvalue weighted by atomic mass is 9.97. The van der Waals surface area contributed by atoms with Crippen molar-refractivity contribution in [2.24, 2.45) is 0 Å². The Bertz CT molecular complexity index is 326. The number of likely N-dealkylation sites (tertiary alicyclic amines) is 1. The summed E-state index contributed by atoms with van der Waals surface area (Å²) in [6, 6.07) is -0.777. The fourth-order valence-corrected chi connectivity index (χ4v) is 1.91. The molecule has 1 aliphatic heterocycles. The van der Waals surface area contributed by atoms with E-state index in [9.17, 15) is 18.4 Å². The maximum Gasteiger partial charge on any atom is 0.410 e. The summed E-state index contributed by atoms with van der Waals surface area (Å²) in [5.41, 5.74) is -0.678. The molecule has 1 rings (SSSR count). The van der Waals surface area contributed by atoms with Crippen molar-refractivity contribution < 1.29 is 23.1 Å². The van der Waals surface area contributed by atoms with E-state index in [0.29, 0.717) is 6.29 Å². The quantitative estimate of drug-likeness (QED) is 0.719. The van der Waals surface area contributed by atoms with Crippen LogP contribution in [0.25, 0.3) is 0 Å². The molecule has 0 aromatic rings. The average Bonchev–Trinajstić information content (AvgIpc) is 2.13. The van der Waals surface area contributed by atoms with Gasteiger partial charge in [0, 0.05) is 31.8 Å². The van der Waals surface area contributed by atoms with E-state index in [0.717, 1.165) is 0 Å². The highest BCUT2D eigenvalue weighted by Crippen LogP contribution is 2.33. The number of aldehydes is 1. The monoisotopic (exact) mass is 263 g/mol. The number of amides is 1. The molecule has 0 aromatic heterocycles. The molecule has 6 heteroatoms. The number of ether oxygens (including phenoxy) is 1. The summed E-state index contributed by atoms with van der Waals surface area (Å²) in [5, 5.41) is 0. The van der Waals surface area contributed by atoms with E-state index in [1.165, 1.54) is 4.90 Å². The molecule has 18 heavy (non-hydrogen) atoms. The van der Waals surface area contributed by atoms with Gasteiger partial charge in [-0.2, -0.15) is 0 Å². The Morgan fingerprint density at radius 3 is 2.61 bits per heavy atom. The smallest absolute Gasteiger partial charge is 0.410 e. The molecule has 0 aliphatic carbocycles. The summed E-state index contributed by atoms with van der Waals surface area (Å²) in [6.07, 6.45) is -1.03. The number of hydrogen-bond donors (Lipinski definition) is 0. The normalized spacial score (nSPS) is 23.6. The first kappa shape index (κ1) is 14.9. The Hall–Kier alpha value is -1.20.